The van der Waals surface area contributed by atoms with Crippen LogP contribution in [0.1, 0.15) is 18.2 Å². The molecule has 0 radical (unpaired) electrons. The van der Waals surface area contributed by atoms with E-state index in [0.717, 1.165) is 5.69 Å². The summed E-state index contributed by atoms with van der Waals surface area (Å²) in [5, 5.41) is 43.7. The number of hydrogen-bond donors (Lipinski definition) is 5. The number of fused-ring (bicyclic) bond motifs is 2. The molecule has 13 nitrogen and oxygen atoms in total. The van der Waals surface area contributed by atoms with Gasteiger partial charge in [-0.3, -0.25) is 0 Å². The number of aromatic amines is 1. The second kappa shape index (κ2) is 10.4. The number of carboxylic acids is 1. The van der Waals surface area contributed by atoms with Gasteiger partial charge in [0.1, 0.15) is 42.5 Å². The molecule has 14 heteroatoms. The molecule has 0 unspecified atom stereocenters. The summed E-state index contributed by atoms with van der Waals surface area (Å²) in [6.07, 6.45) is -6.47. The van der Waals surface area contributed by atoms with Crippen LogP contribution in [0.2, 0.25) is 0 Å². The van der Waals surface area contributed by atoms with Crippen LogP contribution >= 0.6 is 0 Å². The van der Waals surface area contributed by atoms with Gasteiger partial charge in [0.25, 0.3) is 0 Å². The zero-order valence-electron chi connectivity index (χ0n) is 21.1. The van der Waals surface area contributed by atoms with E-state index in [1.54, 1.807) is 32.2 Å². The lowest BCUT2D eigenvalue weighted by Crippen LogP contribution is -2.60. The Morgan fingerprint density at radius 3 is 2.72 bits per heavy atom. The molecule has 208 valence electrons. The number of aliphatic hydroxyl groups excluding tert-OH is 3. The number of aliphatic carboxylic acids is 1. The third-order valence-electron chi connectivity index (χ3n) is 6.44. The number of aromatic nitrogens is 4. The number of halogens is 1. The lowest BCUT2D eigenvalue weighted by atomic mass is 9.99. The smallest absolute Gasteiger partial charge is 0.335 e. The molecular formula is C25H27FN4O9. The topological polar surface area (TPSA) is 181 Å². The van der Waals surface area contributed by atoms with Crippen molar-refractivity contribution in [1.82, 2.24) is 19.6 Å². The fraction of sp³-hybridized carbons (Fsp3) is 0.400. The summed E-state index contributed by atoms with van der Waals surface area (Å²) >= 11 is 0. The minimum absolute atomic E-state index is 0.00907. The summed E-state index contributed by atoms with van der Waals surface area (Å²) in [6.45, 7) is 5.09. The number of nitrogens with zero attached hydrogens (tertiary/aromatic N) is 3. The van der Waals surface area contributed by atoms with Gasteiger partial charge in [0.15, 0.2) is 24.0 Å². The highest BCUT2D eigenvalue weighted by molar-refractivity contribution is 5.83. The van der Waals surface area contributed by atoms with Crippen molar-refractivity contribution in [2.24, 2.45) is 0 Å². The highest BCUT2D eigenvalue weighted by atomic mass is 19.1. The van der Waals surface area contributed by atoms with Crippen molar-refractivity contribution in [2.45, 2.75) is 57.6 Å². The highest BCUT2D eigenvalue weighted by Gasteiger charge is 2.47. The number of aliphatic hydroxyl groups is 3. The first-order valence-corrected chi connectivity index (χ1v) is 12.0. The number of carbonyl (C=O) groups is 1. The summed E-state index contributed by atoms with van der Waals surface area (Å²) in [5.41, 5.74) is 2.49. The van der Waals surface area contributed by atoms with Crippen LogP contribution in [0.25, 0.3) is 16.4 Å². The number of ether oxygens (including phenoxy) is 4. The molecule has 3 aromatic heterocycles. The molecule has 1 saturated heterocycles. The summed E-state index contributed by atoms with van der Waals surface area (Å²) in [6, 6.07) is 4.91. The van der Waals surface area contributed by atoms with Crippen molar-refractivity contribution in [3.05, 3.63) is 47.8 Å². The Morgan fingerprint density at radius 2 is 1.97 bits per heavy atom. The van der Waals surface area contributed by atoms with E-state index in [1.165, 1.54) is 16.9 Å². The van der Waals surface area contributed by atoms with Crippen LogP contribution in [0.15, 0.2) is 30.7 Å². The van der Waals surface area contributed by atoms with Crippen LogP contribution in [0.4, 0.5) is 4.39 Å². The third-order valence-corrected chi connectivity index (χ3v) is 6.44. The molecule has 0 bridgehead atoms. The predicted molar refractivity (Wildman–Crippen MR) is 131 cm³/mol. The van der Waals surface area contributed by atoms with Crippen molar-refractivity contribution in [2.75, 3.05) is 6.61 Å². The first-order valence-electron chi connectivity index (χ1n) is 12.0. The number of aryl methyl sites for hydroxylation is 2. The van der Waals surface area contributed by atoms with E-state index in [2.05, 4.69) is 15.1 Å². The molecule has 0 spiro atoms. The molecule has 4 heterocycles. The van der Waals surface area contributed by atoms with Gasteiger partial charge < -0.3 is 44.4 Å². The normalized spacial score (nSPS) is 24.2. The van der Waals surface area contributed by atoms with Crippen LogP contribution in [0.5, 0.6) is 17.4 Å². The van der Waals surface area contributed by atoms with E-state index in [9.17, 15) is 25.2 Å². The monoisotopic (exact) mass is 546 g/mol. The van der Waals surface area contributed by atoms with E-state index in [-0.39, 0.29) is 18.2 Å². The van der Waals surface area contributed by atoms with E-state index >= 15 is 4.39 Å². The zero-order chi connectivity index (χ0) is 28.0. The van der Waals surface area contributed by atoms with Crippen LogP contribution < -0.4 is 9.47 Å². The average Bonchev–Trinajstić information content (AvgIpc) is 3.44. The highest BCUT2D eigenvalue weighted by Crippen LogP contribution is 2.35. The lowest BCUT2D eigenvalue weighted by molar-refractivity contribution is -0.304. The van der Waals surface area contributed by atoms with Gasteiger partial charge in [-0.05, 0) is 39.0 Å². The van der Waals surface area contributed by atoms with Gasteiger partial charge >= 0.3 is 5.97 Å². The lowest BCUT2D eigenvalue weighted by Gasteiger charge is -2.39. The number of hydrogen-bond acceptors (Lipinski definition) is 10. The first-order chi connectivity index (χ1) is 18.5. The maximum absolute atomic E-state index is 15.1. The van der Waals surface area contributed by atoms with E-state index in [0.29, 0.717) is 27.7 Å². The van der Waals surface area contributed by atoms with Crippen molar-refractivity contribution in [3.8, 4) is 17.4 Å². The second-order valence-corrected chi connectivity index (χ2v) is 9.36. The fourth-order valence-corrected chi connectivity index (χ4v) is 4.44. The predicted octanol–water partition coefficient (Wildman–Crippen LogP) is 1.43. The first kappa shape index (κ1) is 26.8. The van der Waals surface area contributed by atoms with E-state index < -0.39 is 48.6 Å². The van der Waals surface area contributed by atoms with Crippen LogP contribution in [0.3, 0.4) is 0 Å². The quantitative estimate of drug-likeness (QED) is 0.216. The largest absolute Gasteiger partial charge is 0.489 e. The van der Waals surface area contributed by atoms with Gasteiger partial charge in [0.05, 0.1) is 12.3 Å². The molecular weight excluding hydrogens is 519 g/mol. The Bertz CT molecular complexity index is 1520. The Morgan fingerprint density at radius 1 is 1.21 bits per heavy atom. The molecule has 4 aromatic rings. The van der Waals surface area contributed by atoms with Crippen molar-refractivity contribution >= 4 is 22.4 Å². The molecule has 1 aliphatic rings. The zero-order valence-corrected chi connectivity index (χ0v) is 21.1. The number of nitrogens with one attached hydrogen (secondary N) is 1. The van der Waals surface area contributed by atoms with Gasteiger partial charge in [0, 0.05) is 22.2 Å². The standard InChI is InChI=1S/C25H27FN4O9/c1-10-6-13-14(29-10)4-5-15(17(13)26)38-23-18-12(3)16(7-30(18)28-9-27-23)36-8-11(2)37-25-21(33)19(31)20(32)22(39-25)24(34)35/h4-7,9,11,19-22,25,29,31-33H,8H2,1-3H3,(H,34,35)/t11-,19+,20+,21-,22+,25-/m1/s1. The minimum atomic E-state index is -1.82. The minimum Gasteiger partial charge on any atom is -0.489 e. The summed E-state index contributed by atoms with van der Waals surface area (Å²) in [4.78, 5) is 18.5. The molecule has 1 aromatic carbocycles. The number of benzene rings is 1. The van der Waals surface area contributed by atoms with Gasteiger partial charge in [0.2, 0.25) is 5.88 Å². The van der Waals surface area contributed by atoms with Gasteiger partial charge in [-0.2, -0.15) is 10.1 Å². The fourth-order valence-electron chi connectivity index (χ4n) is 4.44. The molecule has 6 atom stereocenters. The van der Waals surface area contributed by atoms with Gasteiger partial charge in [-0.15, -0.1) is 0 Å². The van der Waals surface area contributed by atoms with Crippen LogP contribution in [-0.2, 0) is 14.3 Å². The summed E-state index contributed by atoms with van der Waals surface area (Å²) < 4.78 is 39.0. The van der Waals surface area contributed by atoms with E-state index in [4.69, 9.17) is 18.9 Å². The molecule has 0 aliphatic carbocycles. The molecule has 1 fully saturated rings. The van der Waals surface area contributed by atoms with E-state index in [1.807, 2.05) is 6.92 Å². The maximum Gasteiger partial charge on any atom is 0.335 e. The number of H-pyrrole nitrogens is 1. The molecule has 5 N–H and O–H groups in total. The maximum atomic E-state index is 15.1. The van der Waals surface area contributed by atoms with Crippen molar-refractivity contribution in [3.63, 3.8) is 0 Å². The average molecular weight is 547 g/mol. The van der Waals surface area contributed by atoms with Crippen molar-refractivity contribution < 1.29 is 48.6 Å². The number of carboxylic acid groups (broad SMARTS) is 1. The van der Waals surface area contributed by atoms with Crippen molar-refractivity contribution in [1.29, 1.82) is 0 Å². The molecule has 0 amide bonds. The third kappa shape index (κ3) is 4.99. The van der Waals surface area contributed by atoms with Crippen LogP contribution in [0, 0.1) is 19.7 Å². The molecule has 39 heavy (non-hydrogen) atoms. The molecule has 1 aliphatic heterocycles. The van der Waals surface area contributed by atoms with Crippen LogP contribution in [-0.4, -0.2) is 89.4 Å². The Labute approximate surface area is 220 Å². The van der Waals surface area contributed by atoms with Gasteiger partial charge in [-0.1, -0.05) is 0 Å². The molecule has 5 rings (SSSR count). The SMILES string of the molecule is Cc1cc2c(F)c(Oc3ncnn4cc(OC[C@@H](C)O[C@@H]5O[C@H](C(=O)O)[C@@H](O)[C@H](O)[C@H]5O)c(C)c34)ccc2[nH]1. The number of rotatable bonds is 8. The summed E-state index contributed by atoms with van der Waals surface area (Å²) in [5.74, 6) is -1.56. The second-order valence-electron chi connectivity index (χ2n) is 9.36. The Balaban J connectivity index is 1.30. The molecule has 0 saturated carbocycles. The Kier molecular flexibility index (Phi) is 7.13. The summed E-state index contributed by atoms with van der Waals surface area (Å²) in [7, 11) is 0. The van der Waals surface area contributed by atoms with Gasteiger partial charge in [-0.25, -0.2) is 13.7 Å². The Hall–Kier alpha value is -3.82.